The van der Waals surface area contributed by atoms with Gasteiger partial charge in [-0.15, -0.1) is 0 Å². The molecule has 0 bridgehead atoms. The second kappa shape index (κ2) is 65.9. The molecule has 10 aliphatic rings. The van der Waals surface area contributed by atoms with Crippen molar-refractivity contribution >= 4 is 0 Å². The molecule has 50 atom stereocenters. The van der Waals surface area contributed by atoms with Crippen LogP contribution >= 0.6 is 0 Å². The highest BCUT2D eigenvalue weighted by Gasteiger charge is 2.49. The Morgan fingerprint density at radius 2 is 0.370 bits per heavy atom. The zero-order valence-electron chi connectivity index (χ0n) is 79.7. The van der Waals surface area contributed by atoms with E-state index in [9.17, 15) is 91.9 Å². The van der Waals surface area contributed by atoms with Gasteiger partial charge in [-0.25, -0.2) is 0 Å². The number of azide groups is 10. The van der Waals surface area contributed by atoms with Crippen molar-refractivity contribution in [3.63, 3.8) is 0 Å². The van der Waals surface area contributed by atoms with Gasteiger partial charge >= 0.3 is 0 Å². The van der Waals surface area contributed by atoms with E-state index in [1.807, 2.05) is 96.9 Å². The Morgan fingerprint density at radius 3 is 0.623 bits per heavy atom. The number of hydrogen-bond donors (Lipinski definition) is 21. The van der Waals surface area contributed by atoms with E-state index >= 15 is 0 Å². The third-order valence-electron chi connectivity index (χ3n) is 25.8. The SMILES string of the molecule is C.CC1OC(C)[C@@H](O)C(O)C1O.CC1OC(C)[C@@H](O)[C@H](O)C1N=[N+]=[N-].CC1OC(CN=[N+]=[N-])[C@@H](O)[C@H](N=[N+]=[N-])C1C.CC1OC(CN=[N+]=[N-])[C@@H](O)[C@H](N=[N+]=[N-])C1C.CC1OC(CN=[N+]=[N-])[C@@H](O)[C@H](O)C1C.CC1OC(CN=[N+]=[N-])[C@@H](O)[C@H](O)C1C.CC1OC(CO)[C@@H](O)[C@H](N=[N+]=[N-])C1C.CC1OC(CO)[C@@H](O)[C@H](N=[N+]=[N-])C1C.CC1OC(CO)[C@@H](O)[C@H](O)C1C.CC1OC(O)C(N=[N+]=[N-])[C@@H](O)[C@@H]1O. The van der Waals surface area contributed by atoms with Crippen LogP contribution in [0, 0.1) is 41.4 Å². The molecule has 0 aromatic heterocycles. The van der Waals surface area contributed by atoms with Gasteiger partial charge in [0.15, 0.2) is 6.29 Å². The van der Waals surface area contributed by atoms with Crippen molar-refractivity contribution in [2.45, 2.75) is 401 Å². The fourth-order valence-electron chi connectivity index (χ4n) is 15.4. The Balaban J connectivity index is 0.00000151. The Kier molecular flexibility index (Phi) is 62.0. The van der Waals surface area contributed by atoms with Crippen molar-refractivity contribution in [1.82, 2.24) is 0 Å². The summed E-state index contributed by atoms with van der Waals surface area (Å²) in [6.07, 6.45) is -25.7. The van der Waals surface area contributed by atoms with Crippen molar-refractivity contribution in [1.29, 1.82) is 0 Å². The van der Waals surface area contributed by atoms with Crippen LogP contribution in [0.4, 0.5) is 0 Å². The van der Waals surface area contributed by atoms with Gasteiger partial charge in [0.25, 0.3) is 0 Å². The average molecular weight is 1990 g/mol. The van der Waals surface area contributed by atoms with Crippen LogP contribution in [-0.2, 0) is 47.4 Å². The molecule has 10 fully saturated rings. The number of aliphatic hydroxyl groups excluding tert-OH is 21. The van der Waals surface area contributed by atoms with Gasteiger partial charge in [-0.2, -0.15) is 0 Å². The quantitative estimate of drug-likeness (QED) is 0.0564. The summed E-state index contributed by atoms with van der Waals surface area (Å²) in [5.74, 6) is -0.587. The van der Waals surface area contributed by atoms with E-state index in [0.29, 0.717) is 0 Å². The van der Waals surface area contributed by atoms with Crippen LogP contribution in [0.15, 0.2) is 51.1 Å². The van der Waals surface area contributed by atoms with Crippen LogP contribution in [0.5, 0.6) is 0 Å². The normalized spacial score (nSPS) is 43.4. The van der Waals surface area contributed by atoms with E-state index in [1.54, 1.807) is 27.7 Å². The molecule has 0 saturated carbocycles. The molecule has 10 heterocycles. The molecule has 0 spiro atoms. The summed E-state index contributed by atoms with van der Waals surface area (Å²) in [7, 11) is 0. The molecule has 10 aliphatic heterocycles. The van der Waals surface area contributed by atoms with Crippen LogP contribution in [0.3, 0.4) is 0 Å². The van der Waals surface area contributed by atoms with Gasteiger partial charge < -0.3 is 155 Å². The summed E-state index contributed by atoms with van der Waals surface area (Å²) >= 11 is 0. The molecule has 0 aromatic rings. The molecule has 21 N–H and O–H groups in total. The number of rotatable bonds is 17. The molecular weight excluding hydrogens is 1840 g/mol. The third kappa shape index (κ3) is 38.3. The molecule has 0 aromatic carbocycles. The van der Waals surface area contributed by atoms with Crippen molar-refractivity contribution in [3.05, 3.63) is 104 Å². The van der Waals surface area contributed by atoms with Crippen molar-refractivity contribution in [2.24, 2.45) is 92.6 Å². The van der Waals surface area contributed by atoms with E-state index in [2.05, 4.69) is 100 Å². The number of hydrogen-bond acceptors (Lipinski definition) is 41. The van der Waals surface area contributed by atoms with Gasteiger partial charge in [-0.1, -0.05) is 107 Å². The maximum Gasteiger partial charge on any atom is 0.166 e. The first kappa shape index (κ1) is 130. The first-order valence-electron chi connectivity index (χ1n) is 44.3. The van der Waals surface area contributed by atoms with Crippen LogP contribution in [0.25, 0.3) is 104 Å². The summed E-state index contributed by atoms with van der Waals surface area (Å²) in [6, 6.07) is -4.02. The monoisotopic (exact) mass is 1990 g/mol. The highest BCUT2D eigenvalue weighted by Crippen LogP contribution is 2.35. The lowest BCUT2D eigenvalue weighted by molar-refractivity contribution is -0.236. The minimum atomic E-state index is -1.37. The second-order valence-electron chi connectivity index (χ2n) is 34.7. The minimum Gasteiger partial charge on any atom is -0.394 e. The van der Waals surface area contributed by atoms with Gasteiger partial charge in [0, 0.05) is 66.9 Å². The highest BCUT2D eigenvalue weighted by molar-refractivity contribution is 5.01. The van der Waals surface area contributed by atoms with Gasteiger partial charge in [0.05, 0.1) is 229 Å². The zero-order valence-corrected chi connectivity index (χ0v) is 79.7. The Hall–Kier alpha value is -8.14. The van der Waals surface area contributed by atoms with E-state index < -0.39 is 213 Å². The molecule has 10 rings (SSSR count). The lowest BCUT2D eigenvalue weighted by Crippen LogP contribution is -2.55. The molecule has 790 valence electrons. The number of nitrogens with zero attached hydrogens (tertiary/aromatic N) is 30. The molecule has 61 nitrogen and oxygen atoms in total. The molecule has 10 saturated heterocycles. The number of ether oxygens (including phenoxy) is 10. The molecule has 31 unspecified atom stereocenters. The largest absolute Gasteiger partial charge is 0.394 e. The lowest BCUT2D eigenvalue weighted by atomic mass is 9.87. The average Bonchev–Trinajstić information content (AvgIpc) is 0.832. The fraction of sp³-hybridized carbons (Fsp3) is 1.00. The van der Waals surface area contributed by atoms with Crippen molar-refractivity contribution < 1.29 is 155 Å². The van der Waals surface area contributed by atoms with Crippen LogP contribution in [0.1, 0.15) is 139 Å². The summed E-state index contributed by atoms with van der Waals surface area (Å²) in [6.45, 7) is 33.2. The predicted octanol–water partition coefficient (Wildman–Crippen LogP) is 3.24. The van der Waals surface area contributed by atoms with Crippen molar-refractivity contribution in [3.8, 4) is 0 Å². The number of aliphatic hydroxyl groups is 21. The molecule has 0 radical (unpaired) electrons. The summed E-state index contributed by atoms with van der Waals surface area (Å²) in [5, 5.41) is 232. The van der Waals surface area contributed by atoms with E-state index in [1.165, 1.54) is 6.92 Å². The minimum absolute atomic E-state index is 0. The van der Waals surface area contributed by atoms with Gasteiger partial charge in [-0.3, -0.25) is 0 Å². The van der Waals surface area contributed by atoms with E-state index in [0.717, 1.165) is 0 Å². The third-order valence-corrected chi connectivity index (χ3v) is 25.8. The molecule has 0 amide bonds. The van der Waals surface area contributed by atoms with Gasteiger partial charge in [0.2, 0.25) is 0 Å². The summed E-state index contributed by atoms with van der Waals surface area (Å²) in [4.78, 5) is 26.2. The standard InChI is InChI=1S/2C8H14N6O2.4C8H15N3O3.C8H16O4.C7H13N3O3.C7H14O4.C6H11N3O4.CH4/c2*1-4-5(2)16-6(3-11-13-9)8(15)7(4)12-14-10;2*1-4-5(2)14-6(3-12)8(13)7(4)10-11-9;2*1-4-5(2)14-6(3-10-11-9)8(13)7(4)12;1-4-5(2)12-6(3-9)8(11)7(4)10;1-3-5(9-10-8)7(12)6(11)4(2)13-3;1-3-5(8)7(10)6(9)4(2)11-3;1-2-4(10)5(11)3(8-9-7)6(12)13-2;/h2*4-8,15H,3H2,1-2H3;4*4-8,12-13H,3H2,1-2H3;4-11H,3H2,1-2H3;3-7,11-12H,1-2H3;3-10H,1-2H3;2-6,10-12H,1H3;1H4/t7*4?,5?,6?,7-,8-;3?,4?,5?,6-,7-;3?,4?,5-,6?,7?;2?,3?,4-,5-,6?;/m1111111111./s1. The first-order valence-corrected chi connectivity index (χ1v) is 44.3. The zero-order chi connectivity index (χ0) is 105. The predicted molar refractivity (Wildman–Crippen MR) is 485 cm³/mol. The molecule has 138 heavy (non-hydrogen) atoms. The van der Waals surface area contributed by atoms with Gasteiger partial charge in [0.1, 0.15) is 73.2 Å². The first-order chi connectivity index (χ1) is 64.4. The Bertz CT molecular complexity index is 3790. The van der Waals surface area contributed by atoms with Crippen LogP contribution < -0.4 is 0 Å². The maximum atomic E-state index is 9.90. The summed E-state index contributed by atoms with van der Waals surface area (Å²) < 4.78 is 53.0. The maximum absolute atomic E-state index is 9.90. The lowest BCUT2D eigenvalue weighted by Gasteiger charge is -2.40. The fourth-order valence-corrected chi connectivity index (χ4v) is 15.4. The van der Waals surface area contributed by atoms with Crippen LogP contribution in [-0.4, -0.2) is 416 Å². The van der Waals surface area contributed by atoms with E-state index in [-0.39, 0.29) is 144 Å². The van der Waals surface area contributed by atoms with Crippen molar-refractivity contribution in [2.75, 3.05) is 46.0 Å². The highest BCUT2D eigenvalue weighted by atomic mass is 16.6. The van der Waals surface area contributed by atoms with Gasteiger partial charge in [-0.05, 0) is 162 Å². The Morgan fingerprint density at radius 1 is 0.181 bits per heavy atom. The second-order valence-corrected chi connectivity index (χ2v) is 34.7. The van der Waals surface area contributed by atoms with E-state index in [4.69, 9.17) is 118 Å². The molecular formula is C77H146N30O31. The Labute approximate surface area is 796 Å². The summed E-state index contributed by atoms with van der Waals surface area (Å²) in [5.41, 5.74) is 82.5. The molecule has 0 aliphatic carbocycles. The smallest absolute Gasteiger partial charge is 0.166 e. The van der Waals surface area contributed by atoms with Crippen LogP contribution in [0.2, 0.25) is 0 Å². The topological polar surface area (TPSA) is 1000 Å². The molecule has 61 heteroatoms.